The van der Waals surface area contributed by atoms with Crippen LogP contribution in [0.25, 0.3) is 0 Å². The summed E-state index contributed by atoms with van der Waals surface area (Å²) in [6, 6.07) is 0. The molecule has 0 aromatic carbocycles. The molecule has 176 valence electrons. The van der Waals surface area contributed by atoms with Gasteiger partial charge in [0.2, 0.25) is 0 Å². The second kappa shape index (κ2) is 9.46. The van der Waals surface area contributed by atoms with Crippen molar-refractivity contribution >= 4 is 0 Å². The Morgan fingerprint density at radius 1 is 0.483 bits per heavy atom. The maximum atomic E-state index is 13.3. The van der Waals surface area contributed by atoms with E-state index in [1.54, 1.807) is 0 Å². The zero-order valence-electron chi connectivity index (χ0n) is 15.0. The highest BCUT2D eigenvalue weighted by Crippen LogP contribution is 2.60. The highest BCUT2D eigenvalue weighted by atomic mass is 19.4. The number of alkyl halides is 13. The third-order valence-corrected chi connectivity index (χ3v) is 3.94. The van der Waals surface area contributed by atoms with Crippen molar-refractivity contribution in [3.8, 4) is 0 Å². The molecule has 0 aromatic rings. The van der Waals surface area contributed by atoms with Crippen molar-refractivity contribution in [1.29, 1.82) is 0 Å². The van der Waals surface area contributed by atoms with Crippen LogP contribution in [-0.2, 0) is 4.74 Å². The maximum absolute atomic E-state index is 13.3. The van der Waals surface area contributed by atoms with E-state index in [9.17, 15) is 57.1 Å². The molecule has 1 nitrogen and oxygen atoms in total. The molecule has 0 heterocycles. The van der Waals surface area contributed by atoms with Crippen LogP contribution >= 0.6 is 0 Å². The molecule has 0 aromatic heterocycles. The summed E-state index contributed by atoms with van der Waals surface area (Å²) in [4.78, 5) is 0. The van der Waals surface area contributed by atoms with Crippen molar-refractivity contribution in [2.45, 2.75) is 87.8 Å². The first-order chi connectivity index (χ1) is 12.8. The molecule has 29 heavy (non-hydrogen) atoms. The van der Waals surface area contributed by atoms with Gasteiger partial charge in [-0.2, -0.15) is 57.1 Å². The van der Waals surface area contributed by atoms with Crippen molar-refractivity contribution < 1.29 is 61.8 Å². The van der Waals surface area contributed by atoms with Gasteiger partial charge in [0.1, 0.15) is 0 Å². The summed E-state index contributed by atoms with van der Waals surface area (Å²) in [5.74, 6) is -30.8. The van der Waals surface area contributed by atoms with Gasteiger partial charge in [-0.25, -0.2) is 0 Å². The van der Waals surface area contributed by atoms with E-state index in [1.165, 1.54) is 0 Å². The van der Waals surface area contributed by atoms with Crippen LogP contribution in [0.3, 0.4) is 0 Å². The Balaban J connectivity index is 5.21. The van der Waals surface area contributed by atoms with E-state index in [2.05, 4.69) is 4.74 Å². The minimum atomic E-state index is -7.90. The quantitative estimate of drug-likeness (QED) is 0.204. The first kappa shape index (κ1) is 28.1. The monoisotopic (exact) mass is 462 g/mol. The average molecular weight is 462 g/mol. The first-order valence-corrected chi connectivity index (χ1v) is 8.41. The van der Waals surface area contributed by atoms with Crippen molar-refractivity contribution in [2.24, 2.45) is 0 Å². The summed E-state index contributed by atoms with van der Waals surface area (Å²) in [6.07, 6.45) is -10.5. The molecule has 0 N–H and O–H groups in total. The Morgan fingerprint density at radius 2 is 0.862 bits per heavy atom. The molecule has 0 saturated carbocycles. The van der Waals surface area contributed by atoms with Crippen LogP contribution in [0.2, 0.25) is 0 Å². The standard InChI is InChI=1S/C15H19F13O/c1-2-3-4-5-6-7-8-9-29-15(27,28)13(22,23)11(18,19)10(16,17)12(20,21)14(24,25)26/h2-9H2,1H3. The highest BCUT2D eigenvalue weighted by molar-refractivity contribution is 5.08. The zero-order valence-corrected chi connectivity index (χ0v) is 15.0. The minimum Gasteiger partial charge on any atom is -0.316 e. The molecule has 0 unspecified atom stereocenters. The summed E-state index contributed by atoms with van der Waals surface area (Å²) in [7, 11) is 0. The Kier molecular flexibility index (Phi) is 9.15. The second-order valence-electron chi connectivity index (χ2n) is 6.28. The Hall–Kier alpha value is -0.950. The Morgan fingerprint density at radius 3 is 1.28 bits per heavy atom. The molecule has 0 bridgehead atoms. The summed E-state index contributed by atoms with van der Waals surface area (Å²) < 4.78 is 170. The normalized spacial score (nSPS) is 15.1. The van der Waals surface area contributed by atoms with Crippen molar-refractivity contribution in [3.05, 3.63) is 0 Å². The van der Waals surface area contributed by atoms with Crippen LogP contribution in [0.5, 0.6) is 0 Å². The van der Waals surface area contributed by atoms with Crippen LogP contribution in [0.4, 0.5) is 57.1 Å². The van der Waals surface area contributed by atoms with Crippen LogP contribution < -0.4 is 0 Å². The van der Waals surface area contributed by atoms with Gasteiger partial charge in [-0.3, -0.25) is 0 Å². The van der Waals surface area contributed by atoms with Gasteiger partial charge in [0.25, 0.3) is 0 Å². The summed E-state index contributed by atoms with van der Waals surface area (Å²) >= 11 is 0. The number of hydrogen-bond donors (Lipinski definition) is 0. The molecule has 0 radical (unpaired) electrons. The number of rotatable bonds is 13. The largest absolute Gasteiger partial charge is 0.460 e. The molecule has 0 rings (SSSR count). The molecule has 0 aliphatic carbocycles. The molecular formula is C15H19F13O. The van der Waals surface area contributed by atoms with E-state index < -0.39 is 49.0 Å². The summed E-state index contributed by atoms with van der Waals surface area (Å²) in [5.41, 5.74) is 0. The number of unbranched alkanes of at least 4 members (excludes halogenated alkanes) is 6. The molecule has 0 amide bonds. The lowest BCUT2D eigenvalue weighted by atomic mass is 9.97. The zero-order chi connectivity index (χ0) is 23.4. The third-order valence-electron chi connectivity index (χ3n) is 3.94. The van der Waals surface area contributed by atoms with Crippen LogP contribution in [0.1, 0.15) is 51.9 Å². The van der Waals surface area contributed by atoms with Gasteiger partial charge in [0.05, 0.1) is 6.61 Å². The van der Waals surface area contributed by atoms with E-state index in [1.807, 2.05) is 6.92 Å². The van der Waals surface area contributed by atoms with Gasteiger partial charge in [-0.05, 0) is 6.42 Å². The average Bonchev–Trinajstić information content (AvgIpc) is 2.55. The number of ether oxygens (including phenoxy) is 1. The molecule has 0 atom stereocenters. The first-order valence-electron chi connectivity index (χ1n) is 8.41. The highest BCUT2D eigenvalue weighted by Gasteiger charge is 2.91. The lowest BCUT2D eigenvalue weighted by molar-refractivity contribution is -0.466. The fourth-order valence-corrected chi connectivity index (χ4v) is 2.11. The molecular weight excluding hydrogens is 443 g/mol. The molecule has 0 fully saturated rings. The maximum Gasteiger partial charge on any atom is 0.460 e. The van der Waals surface area contributed by atoms with E-state index in [-0.39, 0.29) is 6.42 Å². The van der Waals surface area contributed by atoms with Crippen molar-refractivity contribution in [2.75, 3.05) is 6.61 Å². The van der Waals surface area contributed by atoms with E-state index in [0.29, 0.717) is 12.8 Å². The number of halogens is 13. The summed E-state index contributed by atoms with van der Waals surface area (Å²) in [6.45, 7) is 0.563. The predicted molar refractivity (Wildman–Crippen MR) is 74.7 cm³/mol. The Labute approximate surface area is 157 Å². The van der Waals surface area contributed by atoms with Crippen molar-refractivity contribution in [1.82, 2.24) is 0 Å². The molecule has 0 aliphatic rings. The third kappa shape index (κ3) is 5.60. The van der Waals surface area contributed by atoms with E-state index in [0.717, 1.165) is 19.3 Å². The van der Waals surface area contributed by atoms with Gasteiger partial charge in [0, 0.05) is 0 Å². The lowest BCUT2D eigenvalue weighted by Crippen LogP contribution is -2.70. The van der Waals surface area contributed by atoms with Gasteiger partial charge in [0.15, 0.2) is 0 Å². The second-order valence-corrected chi connectivity index (χ2v) is 6.28. The fraction of sp³-hybridized carbons (Fsp3) is 1.00. The van der Waals surface area contributed by atoms with Crippen LogP contribution in [-0.4, -0.2) is 42.6 Å². The molecule has 0 aliphatic heterocycles. The predicted octanol–water partition coefficient (Wildman–Crippen LogP) is 7.45. The topological polar surface area (TPSA) is 9.23 Å². The lowest BCUT2D eigenvalue weighted by Gasteiger charge is -2.39. The van der Waals surface area contributed by atoms with Crippen LogP contribution in [0, 0.1) is 0 Å². The molecule has 0 spiro atoms. The van der Waals surface area contributed by atoms with E-state index in [4.69, 9.17) is 0 Å². The Bertz CT molecular complexity index is 499. The van der Waals surface area contributed by atoms with Gasteiger partial charge >= 0.3 is 36.0 Å². The van der Waals surface area contributed by atoms with Crippen LogP contribution in [0.15, 0.2) is 0 Å². The van der Waals surface area contributed by atoms with Gasteiger partial charge in [-0.15, -0.1) is 0 Å². The van der Waals surface area contributed by atoms with E-state index >= 15 is 0 Å². The molecule has 0 saturated heterocycles. The number of hydrogen-bond acceptors (Lipinski definition) is 1. The van der Waals surface area contributed by atoms with Gasteiger partial charge < -0.3 is 4.74 Å². The minimum absolute atomic E-state index is 0.115. The van der Waals surface area contributed by atoms with Gasteiger partial charge in [-0.1, -0.05) is 45.4 Å². The fourth-order valence-electron chi connectivity index (χ4n) is 2.11. The molecule has 14 heteroatoms. The SMILES string of the molecule is CCCCCCCCCOC(F)(F)C(F)(F)C(F)(F)C(F)(F)C(F)(F)C(F)(F)F. The smallest absolute Gasteiger partial charge is 0.316 e. The van der Waals surface area contributed by atoms with Crippen molar-refractivity contribution in [3.63, 3.8) is 0 Å². The summed E-state index contributed by atoms with van der Waals surface area (Å²) in [5, 5.41) is 0.